The lowest BCUT2D eigenvalue weighted by molar-refractivity contribution is -0.138. The molecule has 1 fully saturated rings. The Morgan fingerprint density at radius 2 is 2.18 bits per heavy atom. The van der Waals surface area contributed by atoms with Crippen molar-refractivity contribution < 1.29 is 39.3 Å². The van der Waals surface area contributed by atoms with Crippen molar-refractivity contribution >= 4 is 35.7 Å². The van der Waals surface area contributed by atoms with Gasteiger partial charge in [0.2, 0.25) is 17.7 Å². The summed E-state index contributed by atoms with van der Waals surface area (Å²) in [5.74, 6) is -0.989. The zero-order valence-electron chi connectivity index (χ0n) is 15.8. The highest BCUT2D eigenvalue weighted by molar-refractivity contribution is 8.00. The average Bonchev–Trinajstić information content (AvgIpc) is 2.94. The van der Waals surface area contributed by atoms with E-state index in [1.807, 2.05) is 0 Å². The minimum atomic E-state index is -1.36. The Kier molecular flexibility index (Phi) is 11.0. The van der Waals surface area contributed by atoms with Gasteiger partial charge in [0.05, 0.1) is 24.2 Å². The first-order valence-corrected chi connectivity index (χ1v) is 9.98. The van der Waals surface area contributed by atoms with Crippen LogP contribution in [0.15, 0.2) is 5.16 Å². The third-order valence-electron chi connectivity index (χ3n) is 3.74. The SMILES string of the molecule is CSC1CC(=O)N(CCC(=O)NCC(O)CO/N=C\C(O)OC(C)CO)C1=O. The molecule has 0 aromatic carbocycles. The van der Waals surface area contributed by atoms with Gasteiger partial charge >= 0.3 is 0 Å². The van der Waals surface area contributed by atoms with Crippen LogP contribution in [-0.4, -0.2) is 100 Å². The van der Waals surface area contributed by atoms with Crippen LogP contribution in [0.25, 0.3) is 0 Å². The highest BCUT2D eigenvalue weighted by atomic mass is 32.2. The van der Waals surface area contributed by atoms with E-state index in [9.17, 15) is 24.6 Å². The molecular formula is C16H27N3O8S. The van der Waals surface area contributed by atoms with Crippen molar-refractivity contribution in [3.63, 3.8) is 0 Å². The first kappa shape index (κ1) is 24.3. The van der Waals surface area contributed by atoms with Gasteiger partial charge < -0.3 is 30.2 Å². The number of thioether (sulfide) groups is 1. The number of likely N-dealkylation sites (tertiary alicyclic amines) is 1. The number of carbonyl (C=O) groups is 3. The summed E-state index contributed by atoms with van der Waals surface area (Å²) in [7, 11) is 0. The Bertz CT molecular complexity index is 562. The van der Waals surface area contributed by atoms with Crippen molar-refractivity contribution in [3.8, 4) is 0 Å². The maximum atomic E-state index is 11.9. The number of amides is 3. The van der Waals surface area contributed by atoms with E-state index in [0.717, 1.165) is 11.1 Å². The van der Waals surface area contributed by atoms with Gasteiger partial charge in [0.15, 0.2) is 6.29 Å². The second-order valence-electron chi connectivity index (χ2n) is 6.09. The summed E-state index contributed by atoms with van der Waals surface area (Å²) >= 11 is 1.31. The van der Waals surface area contributed by atoms with Crippen LogP contribution in [0.2, 0.25) is 0 Å². The van der Waals surface area contributed by atoms with Gasteiger partial charge in [0.25, 0.3) is 0 Å². The molecule has 28 heavy (non-hydrogen) atoms. The van der Waals surface area contributed by atoms with Crippen LogP contribution in [0.1, 0.15) is 19.8 Å². The Morgan fingerprint density at radius 1 is 1.46 bits per heavy atom. The van der Waals surface area contributed by atoms with Gasteiger partial charge in [-0.3, -0.25) is 19.3 Å². The molecule has 4 atom stereocenters. The average molecular weight is 421 g/mol. The zero-order chi connectivity index (χ0) is 21.1. The number of ether oxygens (including phenoxy) is 1. The van der Waals surface area contributed by atoms with Gasteiger partial charge in [0.1, 0.15) is 12.7 Å². The summed E-state index contributed by atoms with van der Waals surface area (Å²) < 4.78 is 4.89. The van der Waals surface area contributed by atoms with Gasteiger partial charge in [-0.15, -0.1) is 0 Å². The molecule has 1 aliphatic rings. The molecular weight excluding hydrogens is 394 g/mol. The molecule has 3 amide bonds. The second-order valence-corrected chi connectivity index (χ2v) is 7.13. The molecule has 0 aromatic rings. The summed E-state index contributed by atoms with van der Waals surface area (Å²) in [5, 5.41) is 33.3. The van der Waals surface area contributed by atoms with E-state index in [2.05, 4.69) is 10.5 Å². The smallest absolute Gasteiger partial charge is 0.242 e. The monoisotopic (exact) mass is 421 g/mol. The van der Waals surface area contributed by atoms with Gasteiger partial charge in [-0.1, -0.05) is 5.16 Å². The number of oxime groups is 1. The zero-order valence-corrected chi connectivity index (χ0v) is 16.6. The number of imide groups is 1. The summed E-state index contributed by atoms with van der Waals surface area (Å²) in [6.07, 6.45) is -0.188. The Morgan fingerprint density at radius 3 is 2.79 bits per heavy atom. The standard InChI is InChI=1S/C16H27N3O8S/c1-10(8-20)27-15(24)7-18-26-9-11(21)6-17-13(22)3-4-19-14(23)5-12(28-2)16(19)25/h7,10-12,15,20-21,24H,3-6,8-9H2,1-2H3,(H,17,22)/b18-7-. The molecule has 1 saturated heterocycles. The van der Waals surface area contributed by atoms with Crippen LogP contribution in [-0.2, 0) is 24.0 Å². The summed E-state index contributed by atoms with van der Waals surface area (Å²) in [4.78, 5) is 41.4. The molecule has 1 rings (SSSR count). The van der Waals surface area contributed by atoms with Crippen LogP contribution in [0.4, 0.5) is 0 Å². The number of carbonyl (C=O) groups excluding carboxylic acids is 3. The van der Waals surface area contributed by atoms with Crippen LogP contribution >= 0.6 is 11.8 Å². The van der Waals surface area contributed by atoms with Crippen LogP contribution in [0.3, 0.4) is 0 Å². The lowest BCUT2D eigenvalue weighted by Gasteiger charge is -2.15. The molecule has 1 heterocycles. The third kappa shape index (κ3) is 8.52. The number of hydrogen-bond acceptors (Lipinski definition) is 10. The van der Waals surface area contributed by atoms with Crippen molar-refractivity contribution in [1.82, 2.24) is 10.2 Å². The van der Waals surface area contributed by atoms with Crippen molar-refractivity contribution in [2.45, 2.75) is 43.5 Å². The van der Waals surface area contributed by atoms with E-state index < -0.39 is 24.4 Å². The lowest BCUT2D eigenvalue weighted by Crippen LogP contribution is -2.38. The van der Waals surface area contributed by atoms with Gasteiger partial charge in [-0.05, 0) is 13.2 Å². The fourth-order valence-electron chi connectivity index (χ4n) is 2.20. The molecule has 4 unspecified atom stereocenters. The summed E-state index contributed by atoms with van der Waals surface area (Å²) in [6, 6.07) is 0. The van der Waals surface area contributed by atoms with E-state index in [-0.39, 0.29) is 56.2 Å². The topological polar surface area (TPSA) is 158 Å². The number of nitrogens with one attached hydrogen (secondary N) is 1. The Balaban J connectivity index is 2.19. The van der Waals surface area contributed by atoms with Crippen molar-refractivity contribution in [3.05, 3.63) is 0 Å². The molecule has 160 valence electrons. The molecule has 12 heteroatoms. The van der Waals surface area contributed by atoms with Crippen molar-refractivity contribution in [2.75, 3.05) is 32.6 Å². The van der Waals surface area contributed by atoms with Crippen LogP contribution in [0.5, 0.6) is 0 Å². The van der Waals surface area contributed by atoms with E-state index in [1.54, 1.807) is 13.2 Å². The van der Waals surface area contributed by atoms with Crippen LogP contribution in [0, 0.1) is 0 Å². The van der Waals surface area contributed by atoms with Crippen molar-refractivity contribution in [2.24, 2.45) is 5.16 Å². The maximum absolute atomic E-state index is 11.9. The van der Waals surface area contributed by atoms with E-state index in [0.29, 0.717) is 0 Å². The largest absolute Gasteiger partial charge is 0.394 e. The van der Waals surface area contributed by atoms with E-state index in [4.69, 9.17) is 14.7 Å². The Hall–Kier alpha value is -1.73. The third-order valence-corrected chi connectivity index (χ3v) is 4.68. The molecule has 11 nitrogen and oxygen atoms in total. The molecule has 0 spiro atoms. The molecule has 1 aliphatic heterocycles. The predicted octanol–water partition coefficient (Wildman–Crippen LogP) is -1.94. The number of rotatable bonds is 13. The van der Waals surface area contributed by atoms with E-state index >= 15 is 0 Å². The number of aliphatic hydroxyl groups is 3. The summed E-state index contributed by atoms with van der Waals surface area (Å²) in [6.45, 7) is 0.951. The fourth-order valence-corrected chi connectivity index (χ4v) is 2.84. The maximum Gasteiger partial charge on any atom is 0.242 e. The highest BCUT2D eigenvalue weighted by Gasteiger charge is 2.37. The van der Waals surface area contributed by atoms with Gasteiger partial charge in [-0.2, -0.15) is 11.8 Å². The van der Waals surface area contributed by atoms with Gasteiger partial charge in [-0.25, -0.2) is 0 Å². The second kappa shape index (κ2) is 12.7. The van der Waals surface area contributed by atoms with E-state index in [1.165, 1.54) is 11.8 Å². The normalized spacial score (nSPS) is 20.5. The fraction of sp³-hybridized carbons (Fsp3) is 0.750. The predicted molar refractivity (Wildman–Crippen MR) is 100 cm³/mol. The van der Waals surface area contributed by atoms with Crippen molar-refractivity contribution in [1.29, 1.82) is 0 Å². The lowest BCUT2D eigenvalue weighted by atomic mass is 10.3. The Labute approximate surface area is 167 Å². The number of hydrogen-bond donors (Lipinski definition) is 4. The number of aliphatic hydroxyl groups excluding tert-OH is 3. The first-order valence-electron chi connectivity index (χ1n) is 8.70. The molecule has 0 saturated carbocycles. The van der Waals surface area contributed by atoms with Crippen LogP contribution < -0.4 is 5.32 Å². The molecule has 0 bridgehead atoms. The first-order chi connectivity index (χ1) is 13.3. The highest BCUT2D eigenvalue weighted by Crippen LogP contribution is 2.22. The number of nitrogens with zero attached hydrogens (tertiary/aromatic N) is 2. The molecule has 4 N–H and O–H groups in total. The minimum absolute atomic E-state index is 0.00159. The minimum Gasteiger partial charge on any atom is -0.394 e. The summed E-state index contributed by atoms with van der Waals surface area (Å²) in [5.41, 5.74) is 0. The molecule has 0 radical (unpaired) electrons. The molecule has 0 aromatic heterocycles. The quantitative estimate of drug-likeness (QED) is 0.115. The molecule has 0 aliphatic carbocycles. The van der Waals surface area contributed by atoms with Gasteiger partial charge in [0, 0.05) is 25.9 Å².